The lowest BCUT2D eigenvalue weighted by Gasteiger charge is -2.13. The second-order valence-electron chi connectivity index (χ2n) is 4.98. The summed E-state index contributed by atoms with van der Waals surface area (Å²) in [5.74, 6) is -0.0596. The van der Waals surface area contributed by atoms with E-state index in [-0.39, 0.29) is 5.91 Å². The van der Waals surface area contributed by atoms with Crippen LogP contribution in [0.25, 0.3) is 11.3 Å². The van der Waals surface area contributed by atoms with Crippen LogP contribution in [0.1, 0.15) is 15.9 Å². The number of anilines is 1. The maximum atomic E-state index is 12.5. The topological polar surface area (TPSA) is 46.1 Å². The normalized spacial score (nSPS) is 10.5. The Labute approximate surface area is 133 Å². The molecule has 0 fully saturated rings. The number of amides is 1. The second-order valence-corrected chi connectivity index (χ2v) is 5.82. The number of thiazole rings is 1. The lowest BCUT2D eigenvalue weighted by atomic mass is 10.1. The van der Waals surface area contributed by atoms with Crippen LogP contribution in [-0.4, -0.2) is 22.9 Å². The molecule has 0 saturated heterocycles. The summed E-state index contributed by atoms with van der Waals surface area (Å²) in [6, 6.07) is 11.4. The number of rotatable bonds is 3. The largest absolute Gasteiger partial charge is 0.287 e. The van der Waals surface area contributed by atoms with Crippen molar-refractivity contribution in [3.63, 3.8) is 0 Å². The van der Waals surface area contributed by atoms with Crippen molar-refractivity contribution in [2.24, 2.45) is 0 Å². The van der Waals surface area contributed by atoms with Gasteiger partial charge in [-0.1, -0.05) is 17.7 Å². The number of nitrogens with zero attached hydrogens (tertiary/aromatic N) is 3. The van der Waals surface area contributed by atoms with Gasteiger partial charge in [-0.2, -0.15) is 0 Å². The highest BCUT2D eigenvalue weighted by molar-refractivity contribution is 7.14. The van der Waals surface area contributed by atoms with Gasteiger partial charge in [0.2, 0.25) is 0 Å². The Morgan fingerprint density at radius 2 is 1.77 bits per heavy atom. The number of hydrogen-bond donors (Lipinski definition) is 0. The number of benzene rings is 1. The summed E-state index contributed by atoms with van der Waals surface area (Å²) in [5.41, 5.74) is 3.64. The van der Waals surface area contributed by atoms with E-state index in [9.17, 15) is 4.79 Å². The Hall–Kier alpha value is -2.53. The zero-order valence-corrected chi connectivity index (χ0v) is 13.2. The van der Waals surface area contributed by atoms with Gasteiger partial charge in [0.15, 0.2) is 5.13 Å². The van der Waals surface area contributed by atoms with E-state index in [4.69, 9.17) is 0 Å². The van der Waals surface area contributed by atoms with Gasteiger partial charge in [0, 0.05) is 35.9 Å². The van der Waals surface area contributed by atoms with Crippen LogP contribution in [0.5, 0.6) is 0 Å². The van der Waals surface area contributed by atoms with Gasteiger partial charge in [0.25, 0.3) is 5.91 Å². The zero-order chi connectivity index (χ0) is 15.5. The van der Waals surface area contributed by atoms with Gasteiger partial charge >= 0.3 is 0 Å². The average Bonchev–Trinajstić information content (AvgIpc) is 3.05. The van der Waals surface area contributed by atoms with Crippen molar-refractivity contribution in [3.8, 4) is 11.3 Å². The zero-order valence-electron chi connectivity index (χ0n) is 12.4. The Morgan fingerprint density at radius 3 is 2.45 bits per heavy atom. The van der Waals surface area contributed by atoms with Crippen LogP contribution < -0.4 is 4.90 Å². The molecular formula is C17H15N3OS. The summed E-state index contributed by atoms with van der Waals surface area (Å²) in [5, 5.41) is 2.63. The van der Waals surface area contributed by atoms with Crippen LogP contribution >= 0.6 is 11.3 Å². The van der Waals surface area contributed by atoms with Gasteiger partial charge in [0.05, 0.1) is 5.69 Å². The van der Waals surface area contributed by atoms with Crippen molar-refractivity contribution < 1.29 is 4.79 Å². The van der Waals surface area contributed by atoms with Crippen LogP contribution in [-0.2, 0) is 0 Å². The third-order valence-corrected chi connectivity index (χ3v) is 4.28. The molecule has 0 N–H and O–H groups in total. The number of aryl methyl sites for hydroxylation is 1. The molecule has 0 unspecified atom stereocenters. The molecule has 0 aliphatic heterocycles. The quantitative estimate of drug-likeness (QED) is 0.739. The molecule has 0 saturated carbocycles. The first-order valence-corrected chi connectivity index (χ1v) is 7.74. The van der Waals surface area contributed by atoms with Gasteiger partial charge in [-0.15, -0.1) is 11.3 Å². The fourth-order valence-electron chi connectivity index (χ4n) is 2.05. The predicted octanol–water partition coefficient (Wildman–Crippen LogP) is 3.79. The third-order valence-electron chi connectivity index (χ3n) is 3.36. The molecule has 2 aromatic heterocycles. The van der Waals surface area contributed by atoms with E-state index in [1.165, 1.54) is 11.3 Å². The number of carbonyl (C=O) groups excluding carboxylic acids is 1. The number of hydrogen-bond acceptors (Lipinski definition) is 4. The van der Waals surface area contributed by atoms with Gasteiger partial charge in [-0.25, -0.2) is 4.98 Å². The smallest absolute Gasteiger partial charge is 0.259 e. The Balaban J connectivity index is 1.83. The van der Waals surface area contributed by atoms with Gasteiger partial charge < -0.3 is 0 Å². The standard InChI is InChI=1S/C17H15N3OS/c1-12-3-5-14(6-4-12)16(21)20(2)17-19-15(11-22-17)13-7-9-18-10-8-13/h3-11H,1-2H3. The van der Waals surface area contributed by atoms with Crippen LogP contribution in [0, 0.1) is 6.92 Å². The summed E-state index contributed by atoms with van der Waals surface area (Å²) in [6.45, 7) is 2.00. The van der Waals surface area contributed by atoms with E-state index in [2.05, 4.69) is 9.97 Å². The van der Waals surface area contributed by atoms with E-state index < -0.39 is 0 Å². The molecule has 1 amide bonds. The van der Waals surface area contributed by atoms with Crippen LogP contribution in [0.4, 0.5) is 5.13 Å². The molecule has 0 aliphatic rings. The first-order chi connectivity index (χ1) is 10.6. The molecule has 3 rings (SSSR count). The van der Waals surface area contributed by atoms with E-state index in [1.54, 1.807) is 24.3 Å². The van der Waals surface area contributed by atoms with Crippen LogP contribution in [0.3, 0.4) is 0 Å². The van der Waals surface area contributed by atoms with E-state index in [0.717, 1.165) is 16.8 Å². The van der Waals surface area contributed by atoms with Crippen molar-refractivity contribution in [1.82, 2.24) is 9.97 Å². The van der Waals surface area contributed by atoms with Crippen molar-refractivity contribution in [3.05, 3.63) is 65.3 Å². The fourth-order valence-corrected chi connectivity index (χ4v) is 2.85. The van der Waals surface area contributed by atoms with Gasteiger partial charge in [-0.3, -0.25) is 14.7 Å². The van der Waals surface area contributed by atoms with Crippen molar-refractivity contribution in [2.75, 3.05) is 11.9 Å². The molecule has 3 aromatic rings. The summed E-state index contributed by atoms with van der Waals surface area (Å²) >= 11 is 1.45. The fraction of sp³-hybridized carbons (Fsp3) is 0.118. The van der Waals surface area contributed by atoms with Gasteiger partial charge in [0.1, 0.15) is 0 Å². The Morgan fingerprint density at radius 1 is 1.09 bits per heavy atom. The van der Waals surface area contributed by atoms with Crippen LogP contribution in [0.2, 0.25) is 0 Å². The number of aromatic nitrogens is 2. The minimum absolute atomic E-state index is 0.0596. The molecule has 0 spiro atoms. The lowest BCUT2D eigenvalue weighted by molar-refractivity contribution is 0.0993. The van der Waals surface area contributed by atoms with Crippen molar-refractivity contribution >= 4 is 22.4 Å². The number of carbonyl (C=O) groups is 1. The van der Waals surface area contributed by atoms with Gasteiger partial charge in [-0.05, 0) is 31.2 Å². The predicted molar refractivity (Wildman–Crippen MR) is 89.3 cm³/mol. The SMILES string of the molecule is Cc1ccc(C(=O)N(C)c2nc(-c3ccncc3)cs2)cc1. The molecule has 0 radical (unpaired) electrons. The monoisotopic (exact) mass is 309 g/mol. The van der Waals surface area contributed by atoms with E-state index >= 15 is 0 Å². The molecule has 0 bridgehead atoms. The van der Waals surface area contributed by atoms with Crippen molar-refractivity contribution in [1.29, 1.82) is 0 Å². The summed E-state index contributed by atoms with van der Waals surface area (Å²) < 4.78 is 0. The highest BCUT2D eigenvalue weighted by atomic mass is 32.1. The lowest BCUT2D eigenvalue weighted by Crippen LogP contribution is -2.26. The van der Waals surface area contributed by atoms with Crippen LogP contribution in [0.15, 0.2) is 54.2 Å². The maximum absolute atomic E-state index is 12.5. The second kappa shape index (κ2) is 6.07. The minimum Gasteiger partial charge on any atom is -0.287 e. The highest BCUT2D eigenvalue weighted by Crippen LogP contribution is 2.27. The Bertz CT molecular complexity index is 781. The molecule has 5 heteroatoms. The molecule has 4 nitrogen and oxygen atoms in total. The Kier molecular flexibility index (Phi) is 3.98. The first-order valence-electron chi connectivity index (χ1n) is 6.86. The number of pyridine rings is 1. The molecule has 22 heavy (non-hydrogen) atoms. The van der Waals surface area contributed by atoms with E-state index in [1.807, 2.05) is 48.7 Å². The minimum atomic E-state index is -0.0596. The van der Waals surface area contributed by atoms with Crippen molar-refractivity contribution in [2.45, 2.75) is 6.92 Å². The summed E-state index contributed by atoms with van der Waals surface area (Å²) in [7, 11) is 1.75. The molecule has 0 aliphatic carbocycles. The molecule has 2 heterocycles. The highest BCUT2D eigenvalue weighted by Gasteiger charge is 2.16. The molecule has 110 valence electrons. The molecule has 1 aromatic carbocycles. The average molecular weight is 309 g/mol. The summed E-state index contributed by atoms with van der Waals surface area (Å²) in [6.07, 6.45) is 3.46. The summed E-state index contributed by atoms with van der Waals surface area (Å²) in [4.78, 5) is 22.6. The third kappa shape index (κ3) is 2.89. The maximum Gasteiger partial charge on any atom is 0.259 e. The molecular weight excluding hydrogens is 294 g/mol. The molecule has 0 atom stereocenters. The first kappa shape index (κ1) is 14.4. The van der Waals surface area contributed by atoms with E-state index in [0.29, 0.717) is 10.7 Å².